The van der Waals surface area contributed by atoms with Crippen LogP contribution in [0.3, 0.4) is 0 Å². The van der Waals surface area contributed by atoms with Gasteiger partial charge < -0.3 is 19.9 Å². The zero-order chi connectivity index (χ0) is 26.3. The second-order valence-electron chi connectivity index (χ2n) is 10.1. The minimum absolute atomic E-state index is 0.0449. The minimum Gasteiger partial charge on any atom is -0.495 e. The van der Waals surface area contributed by atoms with Gasteiger partial charge in [-0.25, -0.2) is 9.97 Å². The predicted octanol–water partition coefficient (Wildman–Crippen LogP) is 4.27. The molecule has 2 aliphatic heterocycles. The zero-order valence-electron chi connectivity index (χ0n) is 22.0. The number of carbonyl (C=O) groups excluding carboxylic acids is 1. The lowest BCUT2D eigenvalue weighted by molar-refractivity contribution is -0.124. The highest BCUT2D eigenvalue weighted by molar-refractivity contribution is 6.04. The molecule has 8 nitrogen and oxygen atoms in total. The van der Waals surface area contributed by atoms with Crippen LogP contribution in [0.5, 0.6) is 5.75 Å². The highest BCUT2D eigenvalue weighted by Gasteiger charge is 2.53. The maximum absolute atomic E-state index is 14.2. The molecule has 0 radical (unpaired) electrons. The average molecular weight is 497 g/mol. The quantitative estimate of drug-likeness (QED) is 0.564. The molecule has 8 heteroatoms. The van der Waals surface area contributed by atoms with Gasteiger partial charge in [0.25, 0.3) is 0 Å². The molecule has 1 N–H and O–H groups in total. The number of fused-ring (bicyclic) bond motifs is 2. The SMILES string of the molecule is COc1ccccc1N1Cc2c(N[C@H](C)c3cccc(C#N)c3C)nc(C)nc2C2(CCN(C)C2)C1=O. The first-order valence-electron chi connectivity index (χ1n) is 12.6. The number of hydrogen-bond donors (Lipinski definition) is 1. The molecule has 1 saturated heterocycles. The molecule has 0 aliphatic carbocycles. The number of methoxy groups -OCH3 is 1. The van der Waals surface area contributed by atoms with Gasteiger partial charge in [-0.1, -0.05) is 24.3 Å². The molecule has 2 aliphatic rings. The van der Waals surface area contributed by atoms with Crippen LogP contribution in [0.15, 0.2) is 42.5 Å². The molecule has 3 heterocycles. The Bertz CT molecular complexity index is 1410. The fourth-order valence-corrected chi connectivity index (χ4v) is 5.79. The molecule has 3 aromatic rings. The van der Waals surface area contributed by atoms with Gasteiger partial charge >= 0.3 is 0 Å². The van der Waals surface area contributed by atoms with Crippen molar-refractivity contribution in [2.24, 2.45) is 0 Å². The Labute approximate surface area is 217 Å². The number of aryl methyl sites for hydroxylation is 1. The van der Waals surface area contributed by atoms with E-state index >= 15 is 0 Å². The lowest BCUT2D eigenvalue weighted by atomic mass is 9.76. The summed E-state index contributed by atoms with van der Waals surface area (Å²) in [6.07, 6.45) is 0.690. The van der Waals surface area contributed by atoms with Crippen molar-refractivity contribution in [3.05, 3.63) is 76.2 Å². The fourth-order valence-electron chi connectivity index (χ4n) is 5.79. The molecule has 0 bridgehead atoms. The third-order valence-electron chi connectivity index (χ3n) is 7.69. The van der Waals surface area contributed by atoms with Crippen LogP contribution in [0.2, 0.25) is 0 Å². The Morgan fingerprint density at radius 3 is 2.65 bits per heavy atom. The van der Waals surface area contributed by atoms with Crippen LogP contribution in [0, 0.1) is 25.2 Å². The van der Waals surface area contributed by atoms with Crippen molar-refractivity contribution in [2.45, 2.75) is 45.2 Å². The van der Waals surface area contributed by atoms with E-state index in [2.05, 4.69) is 23.2 Å². The van der Waals surface area contributed by atoms with Crippen molar-refractivity contribution in [3.8, 4) is 11.8 Å². The first kappa shape index (κ1) is 24.7. The van der Waals surface area contributed by atoms with E-state index in [1.807, 2.05) is 68.3 Å². The Kier molecular flexibility index (Phi) is 6.34. The average Bonchev–Trinajstić information content (AvgIpc) is 3.29. The maximum atomic E-state index is 14.2. The number of ether oxygens (including phenoxy) is 1. The standard InChI is InChI=1S/C29H32N6O2/c1-18-21(15-30)9-8-10-22(18)19(2)31-27-23-16-35(24-11-6-7-12-25(24)37-5)28(36)29(13-14-34(4)17-29)26(23)32-20(3)33-27/h6-12,19H,13-14,16-17H2,1-5H3,(H,31,32,33)/t19-,29?/m1/s1. The van der Waals surface area contributed by atoms with Gasteiger partial charge in [-0.15, -0.1) is 0 Å². The number of benzene rings is 2. The first-order valence-corrected chi connectivity index (χ1v) is 12.6. The van der Waals surface area contributed by atoms with E-state index in [9.17, 15) is 10.1 Å². The summed E-state index contributed by atoms with van der Waals surface area (Å²) in [6.45, 7) is 7.66. The number of amides is 1. The van der Waals surface area contributed by atoms with Crippen molar-refractivity contribution in [1.29, 1.82) is 5.26 Å². The number of nitrogens with one attached hydrogen (secondary N) is 1. The van der Waals surface area contributed by atoms with Crippen LogP contribution < -0.4 is 15.0 Å². The van der Waals surface area contributed by atoms with Crippen LogP contribution in [-0.4, -0.2) is 48.0 Å². The molecule has 5 rings (SSSR count). The van der Waals surface area contributed by atoms with E-state index in [-0.39, 0.29) is 11.9 Å². The van der Waals surface area contributed by atoms with Gasteiger partial charge in [0.15, 0.2) is 0 Å². The molecular weight excluding hydrogens is 464 g/mol. The molecule has 2 aromatic carbocycles. The molecule has 37 heavy (non-hydrogen) atoms. The van der Waals surface area contributed by atoms with Crippen molar-refractivity contribution in [3.63, 3.8) is 0 Å². The number of aromatic nitrogens is 2. The first-order chi connectivity index (χ1) is 17.8. The number of likely N-dealkylation sites (N-methyl/N-ethyl adjacent to an activating group) is 1. The highest BCUT2D eigenvalue weighted by atomic mass is 16.5. The molecule has 1 spiro atoms. The van der Waals surface area contributed by atoms with E-state index in [0.29, 0.717) is 36.6 Å². The predicted molar refractivity (Wildman–Crippen MR) is 143 cm³/mol. The van der Waals surface area contributed by atoms with Gasteiger partial charge in [0, 0.05) is 12.1 Å². The molecule has 1 fully saturated rings. The van der Waals surface area contributed by atoms with E-state index in [1.54, 1.807) is 7.11 Å². The zero-order valence-corrected chi connectivity index (χ0v) is 22.0. The highest BCUT2D eigenvalue weighted by Crippen LogP contribution is 2.45. The van der Waals surface area contributed by atoms with Crippen molar-refractivity contribution in [1.82, 2.24) is 14.9 Å². The molecular formula is C29H32N6O2. The Morgan fingerprint density at radius 1 is 1.16 bits per heavy atom. The summed E-state index contributed by atoms with van der Waals surface area (Å²) in [6, 6.07) is 15.6. The summed E-state index contributed by atoms with van der Waals surface area (Å²) in [5.41, 5.74) is 4.37. The second kappa shape index (κ2) is 9.49. The smallest absolute Gasteiger partial charge is 0.241 e. The number of anilines is 2. The van der Waals surface area contributed by atoms with Gasteiger partial charge in [0.2, 0.25) is 5.91 Å². The number of rotatable bonds is 5. The number of carbonyl (C=O) groups is 1. The molecule has 1 amide bonds. The fraction of sp³-hybridized carbons (Fsp3) is 0.379. The van der Waals surface area contributed by atoms with Crippen molar-refractivity contribution < 1.29 is 9.53 Å². The minimum atomic E-state index is -0.757. The van der Waals surface area contributed by atoms with Crippen LogP contribution in [0.4, 0.5) is 11.5 Å². The van der Waals surface area contributed by atoms with E-state index in [0.717, 1.165) is 40.4 Å². The third-order valence-corrected chi connectivity index (χ3v) is 7.69. The summed E-state index contributed by atoms with van der Waals surface area (Å²) < 4.78 is 5.64. The number of para-hydroxylation sites is 2. The maximum Gasteiger partial charge on any atom is 0.241 e. The number of hydrogen-bond acceptors (Lipinski definition) is 7. The summed E-state index contributed by atoms with van der Waals surface area (Å²) in [5, 5.41) is 13.1. The van der Waals surface area contributed by atoms with Crippen LogP contribution in [0.25, 0.3) is 0 Å². The number of nitriles is 1. The van der Waals surface area contributed by atoms with E-state index in [1.165, 1.54) is 0 Å². The lowest BCUT2D eigenvalue weighted by Gasteiger charge is -2.41. The largest absolute Gasteiger partial charge is 0.495 e. The van der Waals surface area contributed by atoms with E-state index in [4.69, 9.17) is 14.7 Å². The Balaban J connectivity index is 1.64. The van der Waals surface area contributed by atoms with Crippen molar-refractivity contribution in [2.75, 3.05) is 37.5 Å². The van der Waals surface area contributed by atoms with Gasteiger partial charge in [-0.2, -0.15) is 5.26 Å². The van der Waals surface area contributed by atoms with Crippen molar-refractivity contribution >= 4 is 17.4 Å². The van der Waals surface area contributed by atoms with Gasteiger partial charge in [0.05, 0.1) is 42.7 Å². The monoisotopic (exact) mass is 496 g/mol. The van der Waals surface area contributed by atoms with Crippen LogP contribution in [-0.2, 0) is 16.8 Å². The topological polar surface area (TPSA) is 94.4 Å². The molecule has 190 valence electrons. The number of nitrogens with zero attached hydrogens (tertiary/aromatic N) is 5. The van der Waals surface area contributed by atoms with E-state index < -0.39 is 5.41 Å². The normalized spacial score (nSPS) is 20.0. The molecule has 2 atom stereocenters. The lowest BCUT2D eigenvalue weighted by Crippen LogP contribution is -2.53. The molecule has 1 unspecified atom stereocenters. The van der Waals surface area contributed by atoms with Gasteiger partial charge in [0.1, 0.15) is 22.8 Å². The van der Waals surface area contributed by atoms with Gasteiger partial charge in [-0.05, 0) is 70.1 Å². The Morgan fingerprint density at radius 2 is 1.95 bits per heavy atom. The Hall–Kier alpha value is -3.96. The van der Waals surface area contributed by atoms with Crippen LogP contribution in [0.1, 0.15) is 53.2 Å². The summed E-state index contributed by atoms with van der Waals surface area (Å²) >= 11 is 0. The summed E-state index contributed by atoms with van der Waals surface area (Å²) in [4.78, 5) is 28.0. The molecule has 1 aromatic heterocycles. The number of likely N-dealkylation sites (tertiary alicyclic amines) is 1. The third kappa shape index (κ3) is 4.09. The summed E-state index contributed by atoms with van der Waals surface area (Å²) in [7, 11) is 3.67. The molecule has 0 saturated carbocycles. The summed E-state index contributed by atoms with van der Waals surface area (Å²) in [5.74, 6) is 2.05. The van der Waals surface area contributed by atoms with Gasteiger partial charge in [-0.3, -0.25) is 4.79 Å². The van der Waals surface area contributed by atoms with Crippen LogP contribution >= 0.6 is 0 Å². The second-order valence-corrected chi connectivity index (χ2v) is 10.1.